The molecule has 0 saturated carbocycles. The number of carbonyl (C=O) groups is 1. The summed E-state index contributed by atoms with van der Waals surface area (Å²) in [7, 11) is 1.74. The molecule has 16 heavy (non-hydrogen) atoms. The van der Waals surface area contributed by atoms with E-state index in [1.54, 1.807) is 24.9 Å². The van der Waals surface area contributed by atoms with Crippen LogP contribution >= 0.6 is 12.4 Å². The van der Waals surface area contributed by atoms with Crippen molar-refractivity contribution in [2.75, 3.05) is 13.6 Å². The van der Waals surface area contributed by atoms with Gasteiger partial charge in [-0.15, -0.1) is 12.4 Å². The first-order valence-electron chi connectivity index (χ1n) is 4.92. The molecule has 0 aromatic carbocycles. The Kier molecular flexibility index (Phi) is 6.06. The van der Waals surface area contributed by atoms with Crippen molar-refractivity contribution in [3.8, 4) is 0 Å². The molecule has 1 aromatic rings. The lowest BCUT2D eigenvalue weighted by molar-refractivity contribution is -0.130. The molecule has 0 aliphatic heterocycles. The van der Waals surface area contributed by atoms with Gasteiger partial charge in [0.15, 0.2) is 0 Å². The van der Waals surface area contributed by atoms with E-state index in [1.807, 2.05) is 6.92 Å². The Balaban J connectivity index is 0.00000225. The minimum atomic E-state index is 0. The number of carbonyl (C=O) groups excluding carboxylic acids is 1. The van der Waals surface area contributed by atoms with Gasteiger partial charge < -0.3 is 15.2 Å². The standard InChI is InChI=1S/C10H17N3O2.ClH/c1-7(6-11)13(3)10(14)5-9-4-8(2)15-12-9;/h4,7H,5-6,11H2,1-3H3;1H. The van der Waals surface area contributed by atoms with Gasteiger partial charge in [0.25, 0.3) is 0 Å². The quantitative estimate of drug-likeness (QED) is 0.852. The molecule has 1 amide bonds. The van der Waals surface area contributed by atoms with Gasteiger partial charge in [-0.3, -0.25) is 4.79 Å². The van der Waals surface area contributed by atoms with Gasteiger partial charge in [0.1, 0.15) is 5.76 Å². The van der Waals surface area contributed by atoms with Gasteiger partial charge in [0, 0.05) is 25.7 Å². The van der Waals surface area contributed by atoms with Crippen LogP contribution in [-0.2, 0) is 11.2 Å². The first kappa shape index (κ1) is 14.9. The number of aryl methyl sites for hydroxylation is 1. The number of amides is 1. The van der Waals surface area contributed by atoms with Crippen LogP contribution in [0.1, 0.15) is 18.4 Å². The molecular formula is C10H18ClN3O2. The van der Waals surface area contributed by atoms with Gasteiger partial charge in [-0.25, -0.2) is 0 Å². The summed E-state index contributed by atoms with van der Waals surface area (Å²) in [5, 5.41) is 3.77. The molecule has 1 unspecified atom stereocenters. The Morgan fingerprint density at radius 1 is 1.69 bits per heavy atom. The average molecular weight is 248 g/mol. The average Bonchev–Trinajstić information content (AvgIpc) is 2.61. The van der Waals surface area contributed by atoms with Crippen molar-refractivity contribution >= 4 is 18.3 Å². The zero-order chi connectivity index (χ0) is 11.4. The lowest BCUT2D eigenvalue weighted by Crippen LogP contribution is -2.40. The molecule has 0 saturated heterocycles. The zero-order valence-electron chi connectivity index (χ0n) is 9.77. The number of halogens is 1. The summed E-state index contributed by atoms with van der Waals surface area (Å²) in [6.07, 6.45) is 0.262. The van der Waals surface area contributed by atoms with E-state index in [9.17, 15) is 4.79 Å². The first-order chi connectivity index (χ1) is 7.04. The monoisotopic (exact) mass is 247 g/mol. The fraction of sp³-hybridized carbons (Fsp3) is 0.600. The van der Waals surface area contributed by atoms with E-state index in [0.717, 1.165) is 0 Å². The SMILES string of the molecule is Cc1cc(CC(=O)N(C)C(C)CN)no1.Cl. The number of nitrogens with two attached hydrogens (primary N) is 1. The van der Waals surface area contributed by atoms with Crippen molar-refractivity contribution in [2.45, 2.75) is 26.3 Å². The number of hydrogen-bond donors (Lipinski definition) is 1. The van der Waals surface area contributed by atoms with Gasteiger partial charge in [-0.2, -0.15) is 0 Å². The van der Waals surface area contributed by atoms with E-state index in [2.05, 4.69) is 5.16 Å². The smallest absolute Gasteiger partial charge is 0.228 e. The molecule has 6 heteroatoms. The van der Waals surface area contributed by atoms with Gasteiger partial charge in [0.2, 0.25) is 5.91 Å². The summed E-state index contributed by atoms with van der Waals surface area (Å²) in [6.45, 7) is 4.17. The van der Waals surface area contributed by atoms with Crippen molar-refractivity contribution < 1.29 is 9.32 Å². The third-order valence-corrected chi connectivity index (χ3v) is 2.40. The minimum Gasteiger partial charge on any atom is -0.361 e. The van der Waals surface area contributed by atoms with Crippen LogP contribution in [0.3, 0.4) is 0 Å². The Morgan fingerprint density at radius 2 is 2.31 bits per heavy atom. The molecule has 0 spiro atoms. The van der Waals surface area contributed by atoms with Crippen LogP contribution < -0.4 is 5.73 Å². The van der Waals surface area contributed by atoms with Crippen molar-refractivity contribution in [1.29, 1.82) is 0 Å². The summed E-state index contributed by atoms with van der Waals surface area (Å²) in [5.74, 6) is 0.716. The number of rotatable bonds is 4. The molecule has 92 valence electrons. The van der Waals surface area contributed by atoms with Gasteiger partial charge >= 0.3 is 0 Å². The van der Waals surface area contributed by atoms with Crippen LogP contribution in [0.5, 0.6) is 0 Å². The lowest BCUT2D eigenvalue weighted by Gasteiger charge is -2.23. The van der Waals surface area contributed by atoms with Crippen LogP contribution in [0.25, 0.3) is 0 Å². The second-order valence-corrected chi connectivity index (χ2v) is 3.70. The summed E-state index contributed by atoms with van der Waals surface area (Å²) in [5.41, 5.74) is 6.14. The summed E-state index contributed by atoms with van der Waals surface area (Å²) < 4.78 is 4.89. The van der Waals surface area contributed by atoms with E-state index < -0.39 is 0 Å². The minimum absolute atomic E-state index is 0. The highest BCUT2D eigenvalue weighted by Gasteiger charge is 2.16. The Labute approximate surface area is 101 Å². The maximum absolute atomic E-state index is 11.7. The van der Waals surface area contributed by atoms with Gasteiger partial charge in [-0.05, 0) is 13.8 Å². The molecule has 0 fully saturated rings. The molecule has 1 atom stereocenters. The van der Waals surface area contributed by atoms with Crippen LogP contribution in [0, 0.1) is 6.92 Å². The second kappa shape index (κ2) is 6.50. The number of likely N-dealkylation sites (N-methyl/N-ethyl adjacent to an activating group) is 1. The van der Waals surface area contributed by atoms with Crippen molar-refractivity contribution in [3.05, 3.63) is 17.5 Å². The maximum Gasteiger partial charge on any atom is 0.228 e. The van der Waals surface area contributed by atoms with Crippen molar-refractivity contribution in [2.24, 2.45) is 5.73 Å². The molecule has 0 bridgehead atoms. The normalized spacial score (nSPS) is 11.8. The molecule has 0 radical (unpaired) electrons. The highest BCUT2D eigenvalue weighted by molar-refractivity contribution is 5.85. The number of hydrogen-bond acceptors (Lipinski definition) is 4. The predicted molar refractivity (Wildman–Crippen MR) is 63.5 cm³/mol. The first-order valence-corrected chi connectivity index (χ1v) is 4.92. The van der Waals surface area contributed by atoms with E-state index >= 15 is 0 Å². The Bertz CT molecular complexity index is 341. The van der Waals surface area contributed by atoms with E-state index in [-0.39, 0.29) is 30.8 Å². The summed E-state index contributed by atoms with van der Waals surface area (Å²) >= 11 is 0. The largest absolute Gasteiger partial charge is 0.361 e. The van der Waals surface area contributed by atoms with E-state index in [4.69, 9.17) is 10.3 Å². The predicted octanol–water partition coefficient (Wildman–Crippen LogP) is 0.753. The fourth-order valence-electron chi connectivity index (χ4n) is 1.18. The molecule has 0 aliphatic carbocycles. The molecule has 0 aliphatic rings. The van der Waals surface area contributed by atoms with Crippen molar-refractivity contribution in [3.63, 3.8) is 0 Å². The zero-order valence-corrected chi connectivity index (χ0v) is 10.6. The Hall–Kier alpha value is -1.07. The van der Waals surface area contributed by atoms with Gasteiger partial charge in [0.05, 0.1) is 12.1 Å². The highest BCUT2D eigenvalue weighted by atomic mass is 35.5. The lowest BCUT2D eigenvalue weighted by atomic mass is 10.2. The number of aromatic nitrogens is 1. The third-order valence-electron chi connectivity index (χ3n) is 2.40. The second-order valence-electron chi connectivity index (χ2n) is 3.70. The molecule has 5 nitrogen and oxygen atoms in total. The molecule has 1 aromatic heterocycles. The van der Waals surface area contributed by atoms with Crippen LogP contribution in [0.15, 0.2) is 10.6 Å². The van der Waals surface area contributed by atoms with E-state index in [1.165, 1.54) is 0 Å². The summed E-state index contributed by atoms with van der Waals surface area (Å²) in [4.78, 5) is 13.3. The fourth-order valence-corrected chi connectivity index (χ4v) is 1.18. The van der Waals surface area contributed by atoms with E-state index in [0.29, 0.717) is 18.0 Å². The van der Waals surface area contributed by atoms with Crippen LogP contribution in [0.4, 0.5) is 0 Å². The summed E-state index contributed by atoms with van der Waals surface area (Å²) in [6, 6.07) is 1.81. The van der Waals surface area contributed by atoms with Gasteiger partial charge in [-0.1, -0.05) is 5.16 Å². The highest BCUT2D eigenvalue weighted by Crippen LogP contribution is 2.05. The molecule has 2 N–H and O–H groups in total. The third kappa shape index (κ3) is 3.83. The van der Waals surface area contributed by atoms with Crippen molar-refractivity contribution in [1.82, 2.24) is 10.1 Å². The molecule has 1 heterocycles. The Morgan fingerprint density at radius 3 is 2.75 bits per heavy atom. The number of nitrogens with zero attached hydrogens (tertiary/aromatic N) is 2. The maximum atomic E-state index is 11.7. The topological polar surface area (TPSA) is 72.4 Å². The van der Waals surface area contributed by atoms with Crippen LogP contribution in [0.2, 0.25) is 0 Å². The molecule has 1 rings (SSSR count). The molecular weight excluding hydrogens is 230 g/mol. The van der Waals surface area contributed by atoms with Crippen LogP contribution in [-0.4, -0.2) is 35.6 Å².